The van der Waals surface area contributed by atoms with E-state index < -0.39 is 0 Å². The molecule has 1 heterocycles. The normalized spacial score (nSPS) is 15.4. The smallest absolute Gasteiger partial charge is 0.0402 e. The molecule has 0 saturated carbocycles. The molecule has 1 aliphatic heterocycles. The second-order valence-corrected chi connectivity index (χ2v) is 5.11. The first-order chi connectivity index (χ1) is 7.70. The van der Waals surface area contributed by atoms with Crippen LogP contribution in [0.25, 0.3) is 0 Å². The van der Waals surface area contributed by atoms with E-state index in [-0.39, 0.29) is 0 Å². The Morgan fingerprint density at radius 2 is 2.19 bits per heavy atom. The van der Waals surface area contributed by atoms with Gasteiger partial charge in [-0.3, -0.25) is 0 Å². The molecule has 2 heteroatoms. The lowest BCUT2D eigenvalue weighted by molar-refractivity contribution is 0.584. The van der Waals surface area contributed by atoms with Crippen molar-refractivity contribution in [3.8, 4) is 0 Å². The highest BCUT2D eigenvalue weighted by Gasteiger charge is 2.17. The topological polar surface area (TPSA) is 29.3 Å². The molecule has 0 amide bonds. The van der Waals surface area contributed by atoms with Crippen LogP contribution >= 0.6 is 0 Å². The molecule has 1 aromatic carbocycles. The van der Waals surface area contributed by atoms with Gasteiger partial charge in [0.05, 0.1) is 0 Å². The Kier molecular flexibility index (Phi) is 3.49. The summed E-state index contributed by atoms with van der Waals surface area (Å²) >= 11 is 0. The van der Waals surface area contributed by atoms with Gasteiger partial charge in [0.2, 0.25) is 0 Å². The summed E-state index contributed by atoms with van der Waals surface area (Å²) in [6.45, 7) is 7.55. The summed E-state index contributed by atoms with van der Waals surface area (Å²) in [4.78, 5) is 2.52. The third-order valence-corrected chi connectivity index (χ3v) is 3.19. The molecule has 0 aromatic heterocycles. The van der Waals surface area contributed by atoms with Crippen molar-refractivity contribution in [3.63, 3.8) is 0 Å². The van der Waals surface area contributed by atoms with Crippen LogP contribution in [0.3, 0.4) is 0 Å². The first-order valence-electron chi connectivity index (χ1n) is 6.27. The number of rotatable bonds is 3. The molecule has 88 valence electrons. The van der Waals surface area contributed by atoms with E-state index in [1.54, 1.807) is 0 Å². The molecule has 1 aliphatic rings. The van der Waals surface area contributed by atoms with Gasteiger partial charge in [-0.05, 0) is 36.0 Å². The van der Waals surface area contributed by atoms with Gasteiger partial charge < -0.3 is 10.6 Å². The van der Waals surface area contributed by atoms with Crippen LogP contribution in [0.15, 0.2) is 18.2 Å². The molecule has 2 N–H and O–H groups in total. The molecule has 0 atom stereocenters. The van der Waals surface area contributed by atoms with Crippen molar-refractivity contribution in [2.45, 2.75) is 33.2 Å². The number of anilines is 1. The van der Waals surface area contributed by atoms with E-state index in [1.807, 2.05) is 0 Å². The lowest BCUT2D eigenvalue weighted by Crippen LogP contribution is -2.32. The molecular weight excluding hydrogens is 196 g/mol. The highest BCUT2D eigenvalue weighted by molar-refractivity contribution is 5.57. The minimum Gasteiger partial charge on any atom is -0.371 e. The predicted molar refractivity (Wildman–Crippen MR) is 69.7 cm³/mol. The van der Waals surface area contributed by atoms with Crippen LogP contribution < -0.4 is 10.6 Å². The second-order valence-electron chi connectivity index (χ2n) is 5.11. The maximum atomic E-state index is 5.71. The predicted octanol–water partition coefficient (Wildman–Crippen LogP) is 2.55. The van der Waals surface area contributed by atoms with Crippen molar-refractivity contribution in [1.82, 2.24) is 0 Å². The van der Waals surface area contributed by atoms with Gasteiger partial charge in [0.15, 0.2) is 0 Å². The van der Waals surface area contributed by atoms with E-state index in [2.05, 4.69) is 36.9 Å². The zero-order valence-electron chi connectivity index (χ0n) is 10.4. The summed E-state index contributed by atoms with van der Waals surface area (Å²) in [7, 11) is 0. The average molecular weight is 218 g/mol. The number of benzene rings is 1. The van der Waals surface area contributed by atoms with Crippen molar-refractivity contribution in [3.05, 3.63) is 29.3 Å². The number of hydrogen-bond acceptors (Lipinski definition) is 2. The van der Waals surface area contributed by atoms with Crippen molar-refractivity contribution in [2.24, 2.45) is 11.7 Å². The molecule has 0 saturated heterocycles. The van der Waals surface area contributed by atoms with Gasteiger partial charge in [0.25, 0.3) is 0 Å². The van der Waals surface area contributed by atoms with Crippen LogP contribution in [-0.4, -0.2) is 13.1 Å². The Bertz CT molecular complexity index is 358. The van der Waals surface area contributed by atoms with Crippen molar-refractivity contribution < 1.29 is 0 Å². The standard InChI is InChI=1S/C14H22N2/c1-11(2)10-16-7-3-4-13-6-5-12(9-15)8-14(13)16/h5-6,8,11H,3-4,7,9-10,15H2,1-2H3. The molecule has 0 bridgehead atoms. The Balaban J connectivity index is 2.28. The fourth-order valence-corrected chi connectivity index (χ4v) is 2.45. The van der Waals surface area contributed by atoms with Crippen LogP contribution in [0, 0.1) is 5.92 Å². The third kappa shape index (κ3) is 2.38. The zero-order chi connectivity index (χ0) is 11.5. The molecule has 1 aromatic rings. The Morgan fingerprint density at radius 3 is 2.88 bits per heavy atom. The van der Waals surface area contributed by atoms with Crippen LogP contribution in [0.1, 0.15) is 31.4 Å². The largest absolute Gasteiger partial charge is 0.371 e. The lowest BCUT2D eigenvalue weighted by Gasteiger charge is -2.33. The van der Waals surface area contributed by atoms with Crippen LogP contribution in [0.4, 0.5) is 5.69 Å². The number of nitrogens with zero attached hydrogens (tertiary/aromatic N) is 1. The second kappa shape index (κ2) is 4.88. The van der Waals surface area contributed by atoms with Gasteiger partial charge in [-0.25, -0.2) is 0 Å². The summed E-state index contributed by atoms with van der Waals surface area (Å²) in [6.07, 6.45) is 2.50. The van der Waals surface area contributed by atoms with Gasteiger partial charge in [0, 0.05) is 25.3 Å². The van der Waals surface area contributed by atoms with E-state index in [9.17, 15) is 0 Å². The molecule has 2 rings (SSSR count). The van der Waals surface area contributed by atoms with Gasteiger partial charge in [-0.2, -0.15) is 0 Å². The molecule has 16 heavy (non-hydrogen) atoms. The van der Waals surface area contributed by atoms with E-state index in [4.69, 9.17) is 5.73 Å². The minimum atomic E-state index is 0.642. The number of nitrogens with two attached hydrogens (primary N) is 1. The van der Waals surface area contributed by atoms with E-state index in [0.29, 0.717) is 12.5 Å². The minimum absolute atomic E-state index is 0.642. The summed E-state index contributed by atoms with van der Waals surface area (Å²) in [5.41, 5.74) is 9.87. The number of hydrogen-bond donors (Lipinski definition) is 1. The van der Waals surface area contributed by atoms with Gasteiger partial charge in [-0.15, -0.1) is 0 Å². The van der Waals surface area contributed by atoms with Crippen molar-refractivity contribution in [2.75, 3.05) is 18.0 Å². The van der Waals surface area contributed by atoms with E-state index in [1.165, 1.54) is 36.2 Å². The van der Waals surface area contributed by atoms with Crippen LogP contribution in [0.5, 0.6) is 0 Å². The average Bonchev–Trinajstić information content (AvgIpc) is 2.28. The molecule has 0 spiro atoms. The van der Waals surface area contributed by atoms with E-state index in [0.717, 1.165) is 6.54 Å². The van der Waals surface area contributed by atoms with Gasteiger partial charge in [0.1, 0.15) is 0 Å². The van der Waals surface area contributed by atoms with Crippen molar-refractivity contribution >= 4 is 5.69 Å². The maximum Gasteiger partial charge on any atom is 0.0402 e. The molecule has 0 unspecified atom stereocenters. The SMILES string of the molecule is CC(C)CN1CCCc2ccc(CN)cc21. The quantitative estimate of drug-likeness (QED) is 0.845. The third-order valence-electron chi connectivity index (χ3n) is 3.19. The fourth-order valence-electron chi connectivity index (χ4n) is 2.45. The highest BCUT2D eigenvalue weighted by atomic mass is 15.1. The van der Waals surface area contributed by atoms with E-state index >= 15 is 0 Å². The zero-order valence-corrected chi connectivity index (χ0v) is 10.4. The molecular formula is C14H22N2. The van der Waals surface area contributed by atoms with Crippen molar-refractivity contribution in [1.29, 1.82) is 0 Å². The monoisotopic (exact) mass is 218 g/mol. The first-order valence-corrected chi connectivity index (χ1v) is 6.27. The number of fused-ring (bicyclic) bond motifs is 1. The lowest BCUT2D eigenvalue weighted by atomic mass is 9.98. The Hall–Kier alpha value is -1.02. The molecule has 2 nitrogen and oxygen atoms in total. The number of aryl methyl sites for hydroxylation is 1. The van der Waals surface area contributed by atoms with Gasteiger partial charge in [-0.1, -0.05) is 26.0 Å². The summed E-state index contributed by atoms with van der Waals surface area (Å²) in [6, 6.07) is 6.69. The van der Waals surface area contributed by atoms with Crippen LogP contribution in [0.2, 0.25) is 0 Å². The first kappa shape index (κ1) is 11.5. The molecule has 0 fully saturated rings. The van der Waals surface area contributed by atoms with Crippen LogP contribution in [-0.2, 0) is 13.0 Å². The summed E-state index contributed by atoms with van der Waals surface area (Å²) in [5.74, 6) is 0.715. The Morgan fingerprint density at radius 1 is 1.38 bits per heavy atom. The maximum absolute atomic E-state index is 5.71. The summed E-state index contributed by atoms with van der Waals surface area (Å²) in [5, 5.41) is 0. The highest BCUT2D eigenvalue weighted by Crippen LogP contribution is 2.28. The fraction of sp³-hybridized carbons (Fsp3) is 0.571. The summed E-state index contributed by atoms with van der Waals surface area (Å²) < 4.78 is 0. The van der Waals surface area contributed by atoms with Gasteiger partial charge >= 0.3 is 0 Å². The molecule has 0 aliphatic carbocycles. The Labute approximate surface area is 98.4 Å². The molecule has 0 radical (unpaired) electrons.